The number of carboxylic acids is 1. The predicted octanol–water partition coefficient (Wildman–Crippen LogP) is -3.64. The number of esters is 1. The first-order valence-electron chi connectivity index (χ1n) is 34.2. The Labute approximate surface area is 615 Å². The fourth-order valence-corrected chi connectivity index (χ4v) is 10.0. The molecule has 2 aromatic rings. The van der Waals surface area contributed by atoms with Gasteiger partial charge in [-0.25, -0.2) is 14.4 Å². The topological polar surface area (TPSA) is 594 Å². The van der Waals surface area contributed by atoms with Crippen LogP contribution in [0.2, 0.25) is 0 Å². The normalized spacial score (nSPS) is 22.6. The van der Waals surface area contributed by atoms with Crippen molar-refractivity contribution in [3.05, 3.63) is 66.0 Å². The number of alkyl halides is 3. The van der Waals surface area contributed by atoms with Crippen LogP contribution in [-0.4, -0.2) is 230 Å². The van der Waals surface area contributed by atoms with Gasteiger partial charge in [-0.3, -0.25) is 62.7 Å². The van der Waals surface area contributed by atoms with Gasteiger partial charge in [-0.1, -0.05) is 98.2 Å². The largest absolute Gasteiger partial charge is 0.490 e. The number of nitrogens with two attached hydrogens (primary N) is 3. The highest BCUT2D eigenvalue weighted by Crippen LogP contribution is 2.25. The van der Waals surface area contributed by atoms with E-state index in [-0.39, 0.29) is 56.6 Å². The number of halogens is 3. The van der Waals surface area contributed by atoms with Gasteiger partial charge >= 0.3 is 24.2 Å². The predicted molar refractivity (Wildman–Crippen MR) is 374 cm³/mol. The molecule has 3 rings (SSSR count). The number of nitrogens with zero attached hydrogens (tertiary/aromatic N) is 2. The van der Waals surface area contributed by atoms with Crippen LogP contribution < -0.4 is 75.7 Å². The van der Waals surface area contributed by atoms with E-state index in [1.807, 2.05) is 10.6 Å². The van der Waals surface area contributed by atoms with E-state index in [0.717, 1.165) is 6.92 Å². The summed E-state index contributed by atoms with van der Waals surface area (Å²) < 4.78 is 43.2. The highest BCUT2D eigenvalue weighted by molar-refractivity contribution is 6.00. The zero-order chi connectivity index (χ0) is 81.5. The van der Waals surface area contributed by atoms with Crippen LogP contribution in [0.25, 0.3) is 0 Å². The Balaban J connectivity index is 0.00000527. The van der Waals surface area contributed by atoms with E-state index in [1.54, 1.807) is 74.4 Å². The van der Waals surface area contributed by atoms with Crippen LogP contribution in [0.15, 0.2) is 59.9 Å². The number of nitrogens with one attached hydrogen (secondary N) is 11. The number of hydrogen-bond acceptors (Lipinski definition) is 22. The van der Waals surface area contributed by atoms with Gasteiger partial charge in [0, 0.05) is 25.4 Å². The number of carbonyl (C=O) groups is 14. The van der Waals surface area contributed by atoms with Crippen LogP contribution in [-0.2, 0) is 78.2 Å². The van der Waals surface area contributed by atoms with E-state index < -0.39 is 216 Å². The van der Waals surface area contributed by atoms with Crippen molar-refractivity contribution in [2.75, 3.05) is 19.7 Å². The Morgan fingerprint density at radius 3 is 1.76 bits per heavy atom. The molecule has 1 saturated heterocycles. The molecule has 2 heterocycles. The molecule has 40 heteroatoms. The van der Waals surface area contributed by atoms with E-state index >= 15 is 14.4 Å². The number of hydrogen-bond donors (Lipinski definition) is 19. The molecule has 0 bridgehead atoms. The monoisotopic (exact) mass is 1520 g/mol. The molecule has 0 aliphatic carbocycles. The molecule has 2 unspecified atom stereocenters. The van der Waals surface area contributed by atoms with Gasteiger partial charge in [-0.2, -0.15) is 13.2 Å². The molecule has 0 spiro atoms. The average Bonchev–Trinajstić information content (AvgIpc) is 0.812. The number of aliphatic hydroxyl groups excluding tert-OH is 4. The van der Waals surface area contributed by atoms with Crippen molar-refractivity contribution < 1.29 is 115 Å². The third-order valence-corrected chi connectivity index (χ3v) is 15.8. The van der Waals surface area contributed by atoms with Gasteiger partial charge in [0.1, 0.15) is 60.0 Å². The minimum atomic E-state index is -5.08. The zero-order valence-corrected chi connectivity index (χ0v) is 61.5. The Bertz CT molecular complexity index is 3380. The fourth-order valence-electron chi connectivity index (χ4n) is 10.0. The number of aliphatic imine (C=N–C) groups is 1. The lowest BCUT2D eigenvalue weighted by atomic mass is 9.95. The number of carboxylic acid groups (broad SMARTS) is 1. The summed E-state index contributed by atoms with van der Waals surface area (Å²) in [6.45, 7) is 16.2. The molecule has 1 aromatic carbocycles. The number of rotatable bonds is 24. The second kappa shape index (κ2) is 43.9. The van der Waals surface area contributed by atoms with E-state index in [2.05, 4.69) is 57.8 Å². The van der Waals surface area contributed by atoms with E-state index in [9.17, 15) is 81.5 Å². The van der Waals surface area contributed by atoms with Crippen molar-refractivity contribution >= 4 is 89.0 Å². The molecule has 1 aromatic heterocycles. The molecule has 12 amide bonds. The lowest BCUT2D eigenvalue weighted by Gasteiger charge is -2.34. The highest BCUT2D eigenvalue weighted by Gasteiger charge is 2.44. The lowest BCUT2D eigenvalue weighted by Crippen LogP contribution is -2.64. The van der Waals surface area contributed by atoms with Crippen LogP contribution in [0.1, 0.15) is 132 Å². The van der Waals surface area contributed by atoms with Gasteiger partial charge in [-0.05, 0) is 94.2 Å². The minimum absolute atomic E-state index is 0.0251. The quantitative estimate of drug-likeness (QED) is 0.0209. The van der Waals surface area contributed by atoms with Gasteiger partial charge in [0.2, 0.25) is 65.0 Å². The Morgan fingerprint density at radius 2 is 1.24 bits per heavy atom. The van der Waals surface area contributed by atoms with Crippen molar-refractivity contribution in [3.8, 4) is 0 Å². The first-order chi connectivity index (χ1) is 49.7. The molecule has 598 valence electrons. The molecule has 0 saturated carbocycles. The molecule has 107 heavy (non-hydrogen) atoms. The number of aromatic nitrogens is 1. The molecule has 22 N–H and O–H groups in total. The van der Waals surface area contributed by atoms with Crippen molar-refractivity contribution in [3.63, 3.8) is 0 Å². The Kier molecular flexibility index (Phi) is 38.1. The second-order valence-electron chi connectivity index (χ2n) is 27.4. The van der Waals surface area contributed by atoms with Crippen LogP contribution >= 0.6 is 0 Å². The average molecular weight is 1530 g/mol. The van der Waals surface area contributed by atoms with Gasteiger partial charge in [0.15, 0.2) is 24.2 Å². The SMILES string of the molecule is CC[C@H](C)C1NC(=O)[C@@H](CCCN=C(N)N)NC(=O)[C@H](CC(C)C)NC(=O)[C@H]([C@H](O)C(C)C)NC(=O)[C@@H](NC(=O)[C@H](CC(C)C)NC(=O)[C@@H](Cc2cccnc2)NC(=O)OC(C)(C)C)[C@@H](c2ccccc2)OC(=O)[C@H](CO)NC(=O)[C@H]([C@H](O)C(N)=O)NC(=O)CNC(=O)C([C@H](C)O)NC1=O.O=C(O)C(F)(F)F. The Hall–Kier alpha value is -10.3. The summed E-state index contributed by atoms with van der Waals surface area (Å²) in [5.41, 5.74) is 15.8. The smallest absolute Gasteiger partial charge is 0.475 e. The number of cyclic esters (lactones) is 1. The van der Waals surface area contributed by atoms with Crippen molar-refractivity contribution in [1.29, 1.82) is 0 Å². The van der Waals surface area contributed by atoms with Crippen molar-refractivity contribution in [2.45, 2.75) is 218 Å². The molecule has 15 atom stereocenters. The van der Waals surface area contributed by atoms with Crippen molar-refractivity contribution in [2.24, 2.45) is 45.9 Å². The van der Waals surface area contributed by atoms with Crippen LogP contribution in [0.4, 0.5) is 18.0 Å². The molecule has 37 nitrogen and oxygen atoms in total. The van der Waals surface area contributed by atoms with Crippen LogP contribution in [0.5, 0.6) is 0 Å². The van der Waals surface area contributed by atoms with Crippen molar-refractivity contribution in [1.82, 2.24) is 63.5 Å². The summed E-state index contributed by atoms with van der Waals surface area (Å²) in [4.78, 5) is 203. The van der Waals surface area contributed by atoms with E-state index in [4.69, 9.17) is 36.6 Å². The molecule has 1 aliphatic rings. The first kappa shape index (κ1) is 92.7. The third kappa shape index (κ3) is 32.5. The number of aliphatic hydroxyl groups is 4. The summed E-state index contributed by atoms with van der Waals surface area (Å²) in [5, 5.41) is 78.1. The highest BCUT2D eigenvalue weighted by atomic mass is 19.4. The number of aliphatic carboxylic acids is 1. The van der Waals surface area contributed by atoms with Gasteiger partial charge in [-0.15, -0.1) is 0 Å². The van der Waals surface area contributed by atoms with E-state index in [1.165, 1.54) is 56.6 Å². The number of carbonyl (C=O) groups excluding carboxylic acids is 13. The maximum absolute atomic E-state index is 15.6. The fraction of sp³-hybridized carbons (Fsp3) is 0.612. The number of alkyl carbamates (subject to hydrolysis) is 1. The van der Waals surface area contributed by atoms with Crippen LogP contribution in [0, 0.1) is 23.7 Å². The minimum Gasteiger partial charge on any atom is -0.475 e. The standard InChI is InChI=1S/C65H102N16O19.C2HF3O2/c1-13-34(8)44-58(93)79-45(35(9)83)57(92)71-29-43(84)77-47(50(86)52(66)87)60(95)75-42(30-82)62(97)99-51(37-20-15-14-16-21-37)48(81-56(91)40(26-32(4)5)73-55(90)41(27-36-19-17-23-69-28-36)76-64(98)100-65(10,11)12)61(96)80-46(49(85)33(6)7)59(94)74-39(25-31(2)3)54(89)72-38(53(88)78-44)22-18-24-70-63(67)68;3-2(4,5)1(6)7/h14-17,19-21,23,28,31-35,38-42,44-51,82-83,85-86H,13,18,22,24-27,29-30H2,1-12H3,(H2,66,87)(H,71,92)(H,72,89)(H,73,90)(H,74,94)(H,75,95)(H,76,98)(H,77,84)(H,78,88)(H,79,93)(H,80,96)(H,81,91)(H4,67,68,70);(H,6,7)/t34-,35-,38+,39-,40-,41+,42-,44?,45?,46-,47-,48-,49+,50-,51+;/m0./s1. The third-order valence-electron chi connectivity index (χ3n) is 15.8. The summed E-state index contributed by atoms with van der Waals surface area (Å²) in [5.74, 6) is -20.7. The number of guanidine groups is 1. The summed E-state index contributed by atoms with van der Waals surface area (Å²) in [6, 6.07) is -8.55. The molecule has 0 radical (unpaired) electrons. The maximum atomic E-state index is 15.6. The lowest BCUT2D eigenvalue weighted by molar-refractivity contribution is -0.192. The van der Waals surface area contributed by atoms with Crippen LogP contribution in [0.3, 0.4) is 0 Å². The zero-order valence-electron chi connectivity index (χ0n) is 61.5. The second-order valence-corrected chi connectivity index (χ2v) is 27.4. The first-order valence-corrected chi connectivity index (χ1v) is 34.2. The maximum Gasteiger partial charge on any atom is 0.490 e. The molecule has 1 aliphatic heterocycles. The number of pyridine rings is 1. The van der Waals surface area contributed by atoms with E-state index in [0.29, 0.717) is 5.56 Å². The summed E-state index contributed by atoms with van der Waals surface area (Å²) in [7, 11) is 0. The Morgan fingerprint density at radius 1 is 0.682 bits per heavy atom. The summed E-state index contributed by atoms with van der Waals surface area (Å²) >= 11 is 0. The van der Waals surface area contributed by atoms with Gasteiger partial charge in [0.05, 0.1) is 25.4 Å². The number of primary amides is 1. The summed E-state index contributed by atoms with van der Waals surface area (Å²) in [6.07, 6.45) is -12.0. The molecule has 1 fully saturated rings. The van der Waals surface area contributed by atoms with Gasteiger partial charge < -0.3 is 111 Å². The number of ether oxygens (including phenoxy) is 2. The molecular formula is C67H103F3N16O21. The molecular weight excluding hydrogens is 1420 g/mol. The number of amides is 12. The number of benzene rings is 1. The van der Waals surface area contributed by atoms with Gasteiger partial charge in [0.25, 0.3) is 0 Å².